The van der Waals surface area contributed by atoms with Crippen LogP contribution in [0.25, 0.3) is 0 Å². The minimum absolute atomic E-state index is 0.114. The van der Waals surface area contributed by atoms with E-state index in [9.17, 15) is 39.5 Å². The molecule has 1 fully saturated rings. The number of unbranched alkanes of at least 4 members (excludes halogenated alkanes) is 4. The van der Waals surface area contributed by atoms with Gasteiger partial charge in [0.1, 0.15) is 12.3 Å². The molecule has 2 N–H and O–H groups in total. The Bertz CT molecular complexity index is 475. The Hall–Kier alpha value is -0.610. The molecule has 0 aromatic carbocycles. The van der Waals surface area contributed by atoms with Crippen molar-refractivity contribution in [2.24, 2.45) is 0 Å². The molecule has 1 aliphatic rings. The second-order valence-corrected chi connectivity index (χ2v) is 7.30. The Balaban J connectivity index is 0.00000178. The van der Waals surface area contributed by atoms with E-state index in [1.165, 1.54) is 0 Å². The van der Waals surface area contributed by atoms with E-state index in [1.807, 2.05) is 0 Å². The van der Waals surface area contributed by atoms with E-state index in [-0.39, 0.29) is 6.42 Å². The zero-order valence-electron chi connectivity index (χ0n) is 15.3. The molecule has 1 rings (SSSR count). The minimum Gasteiger partial charge on any atom is -0.251 e. The van der Waals surface area contributed by atoms with Crippen molar-refractivity contribution in [3.8, 4) is 0 Å². The van der Waals surface area contributed by atoms with E-state index < -0.39 is 76.6 Å². The van der Waals surface area contributed by atoms with E-state index in [0.29, 0.717) is 25.7 Å². The van der Waals surface area contributed by atoms with Gasteiger partial charge in [0, 0.05) is 11.0 Å². The Morgan fingerprint density at radius 1 is 0.931 bits per heavy atom. The van der Waals surface area contributed by atoms with Crippen LogP contribution in [0.2, 0.25) is 0 Å². The minimum atomic E-state index is -3.97. The molecule has 1 aliphatic carbocycles. The lowest BCUT2D eigenvalue weighted by Gasteiger charge is -2.41. The van der Waals surface area contributed by atoms with Crippen LogP contribution in [-0.2, 0) is 4.57 Å². The Labute approximate surface area is 163 Å². The molecule has 8 atom stereocenters. The molecule has 0 amide bonds. The van der Waals surface area contributed by atoms with E-state index in [1.54, 1.807) is 0 Å². The van der Waals surface area contributed by atoms with Crippen LogP contribution < -0.4 is 0 Å². The maximum Gasteiger partial charge on any atom is 0.692 e. The fourth-order valence-corrected chi connectivity index (χ4v) is 2.99. The van der Waals surface area contributed by atoms with Crippen LogP contribution in [0.1, 0.15) is 44.9 Å². The van der Waals surface area contributed by atoms with Crippen LogP contribution in [0.5, 0.6) is 0 Å². The molecule has 0 aromatic rings. The molecule has 0 aliphatic heterocycles. The molecule has 8 unspecified atom stereocenters. The predicted molar refractivity (Wildman–Crippen MR) is 88.4 cm³/mol. The zero-order chi connectivity index (χ0) is 22.8. The van der Waals surface area contributed by atoms with Crippen molar-refractivity contribution in [3.05, 3.63) is 0 Å². The molecule has 29 heavy (non-hydrogen) atoms. The number of hydrogen-bond donors (Lipinski definition) is 2. The van der Waals surface area contributed by atoms with E-state index in [0.717, 1.165) is 0 Å². The lowest BCUT2D eigenvalue weighted by Crippen LogP contribution is -2.61. The lowest BCUT2D eigenvalue weighted by molar-refractivity contribution is -0.151. The van der Waals surface area contributed by atoms with Crippen LogP contribution in [0.4, 0.5) is 39.5 Å². The molecular weight excluding hydrogens is 442 g/mol. The lowest BCUT2D eigenvalue weighted by atomic mass is 9.76. The van der Waals surface area contributed by atoms with E-state index in [2.05, 4.69) is 0 Å². The average molecular weight is 467 g/mol. The van der Waals surface area contributed by atoms with Crippen molar-refractivity contribution in [1.82, 2.24) is 0 Å². The van der Waals surface area contributed by atoms with Crippen LogP contribution >= 0.6 is 8.25 Å². The third-order valence-electron chi connectivity index (χ3n) is 4.59. The predicted octanol–water partition coefficient (Wildman–Crippen LogP) is 5.40. The largest absolute Gasteiger partial charge is 0.692 e. The molecule has 1 saturated carbocycles. The molecular formula is C16H25F9O3P+. The summed E-state index contributed by atoms with van der Waals surface area (Å²) in [7, 11) is -2.87. The van der Waals surface area contributed by atoms with Gasteiger partial charge >= 0.3 is 8.25 Å². The first kappa shape index (κ1) is 28.4. The number of alkyl halides is 9. The van der Waals surface area contributed by atoms with Gasteiger partial charge in [0.05, 0.1) is 6.67 Å². The summed E-state index contributed by atoms with van der Waals surface area (Å²) in [5.74, 6) is 0. The summed E-state index contributed by atoms with van der Waals surface area (Å²) in [5.41, 5.74) is -3.97. The van der Waals surface area contributed by atoms with Gasteiger partial charge in [-0.25, -0.2) is 35.1 Å². The molecule has 0 aromatic heterocycles. The Kier molecular flexibility index (Phi) is 13.4. The molecule has 0 saturated heterocycles. The molecule has 0 spiro atoms. The van der Waals surface area contributed by atoms with Gasteiger partial charge in [-0.05, 0) is 12.8 Å². The molecule has 174 valence electrons. The van der Waals surface area contributed by atoms with Gasteiger partial charge in [0.2, 0.25) is 0 Å². The first-order valence-corrected chi connectivity index (χ1v) is 10.1. The van der Waals surface area contributed by atoms with Gasteiger partial charge in [-0.1, -0.05) is 25.7 Å². The first-order chi connectivity index (χ1) is 13.4. The van der Waals surface area contributed by atoms with E-state index >= 15 is 0 Å². The van der Waals surface area contributed by atoms with Crippen LogP contribution in [0, 0.1) is 0 Å². The molecule has 13 heteroatoms. The monoisotopic (exact) mass is 467 g/mol. The SMILES string of the molecule is FCCCCCCCC(F)C(F)C(F)C1(F)CC(F)C(F)C(F)C1F.O=[P+](O)O. The highest BCUT2D eigenvalue weighted by atomic mass is 31.1. The van der Waals surface area contributed by atoms with Crippen molar-refractivity contribution in [1.29, 1.82) is 0 Å². The summed E-state index contributed by atoms with van der Waals surface area (Å²) in [4.78, 5) is 14.2. The first-order valence-electron chi connectivity index (χ1n) is 8.98. The fraction of sp³-hybridized carbons (Fsp3) is 1.00. The van der Waals surface area contributed by atoms with E-state index in [4.69, 9.17) is 14.4 Å². The van der Waals surface area contributed by atoms with Gasteiger partial charge in [-0.3, -0.25) is 4.39 Å². The highest BCUT2D eigenvalue weighted by molar-refractivity contribution is 7.30. The van der Waals surface area contributed by atoms with Crippen LogP contribution in [0.3, 0.4) is 0 Å². The van der Waals surface area contributed by atoms with Gasteiger partial charge in [-0.15, -0.1) is 9.79 Å². The third kappa shape index (κ3) is 8.96. The smallest absolute Gasteiger partial charge is 0.251 e. The summed E-state index contributed by atoms with van der Waals surface area (Å²) in [6.07, 6.45) is -21.8. The van der Waals surface area contributed by atoms with Crippen molar-refractivity contribution in [2.75, 3.05) is 6.67 Å². The third-order valence-corrected chi connectivity index (χ3v) is 4.59. The number of halogens is 9. The quantitative estimate of drug-likeness (QED) is 0.257. The Morgan fingerprint density at radius 3 is 1.93 bits per heavy atom. The fourth-order valence-electron chi connectivity index (χ4n) is 2.99. The zero-order valence-corrected chi connectivity index (χ0v) is 16.2. The standard InChI is InChI=1S/C16H23F9.HO3P/c17-7-5-3-1-2-4-6-9(18)12(21)14(23)16(25)8-10(19)11(20)13(22)15(16)24;1-4(2)3/h9-15H,1-8H2;(H-,1,2,3)/p+1. The molecule has 0 heterocycles. The van der Waals surface area contributed by atoms with Gasteiger partial charge in [0.15, 0.2) is 36.5 Å². The summed E-state index contributed by atoms with van der Waals surface area (Å²) >= 11 is 0. The van der Waals surface area contributed by atoms with Crippen molar-refractivity contribution >= 4 is 8.25 Å². The summed E-state index contributed by atoms with van der Waals surface area (Å²) < 4.78 is 130. The summed E-state index contributed by atoms with van der Waals surface area (Å²) in [5, 5.41) is 0. The highest BCUT2D eigenvalue weighted by Gasteiger charge is 2.63. The normalized spacial score (nSPS) is 32.7. The maximum atomic E-state index is 14.3. The van der Waals surface area contributed by atoms with Crippen molar-refractivity contribution in [2.45, 2.75) is 93.8 Å². The average Bonchev–Trinajstić information content (AvgIpc) is 2.65. The second kappa shape index (κ2) is 13.6. The van der Waals surface area contributed by atoms with Gasteiger partial charge in [-0.2, -0.15) is 0 Å². The molecule has 3 nitrogen and oxygen atoms in total. The van der Waals surface area contributed by atoms with Crippen LogP contribution in [0.15, 0.2) is 0 Å². The van der Waals surface area contributed by atoms with Crippen LogP contribution in [-0.4, -0.2) is 65.3 Å². The topological polar surface area (TPSA) is 57.5 Å². The summed E-state index contributed by atoms with van der Waals surface area (Å²) in [6.45, 7) is -0.490. The van der Waals surface area contributed by atoms with Gasteiger partial charge < -0.3 is 0 Å². The van der Waals surface area contributed by atoms with Gasteiger partial charge in [0.25, 0.3) is 0 Å². The second-order valence-electron chi connectivity index (χ2n) is 6.80. The Morgan fingerprint density at radius 2 is 1.41 bits per heavy atom. The van der Waals surface area contributed by atoms with Crippen molar-refractivity contribution in [3.63, 3.8) is 0 Å². The number of hydrogen-bond acceptors (Lipinski definition) is 1. The molecule has 0 bridgehead atoms. The maximum absolute atomic E-state index is 14.3. The number of rotatable bonds is 10. The van der Waals surface area contributed by atoms with Crippen molar-refractivity contribution < 1.29 is 53.9 Å². The highest BCUT2D eigenvalue weighted by Crippen LogP contribution is 2.44. The summed E-state index contributed by atoms with van der Waals surface area (Å²) in [6, 6.07) is 0. The molecule has 0 radical (unpaired) electrons.